The summed E-state index contributed by atoms with van der Waals surface area (Å²) >= 11 is 0. The summed E-state index contributed by atoms with van der Waals surface area (Å²) in [5.41, 5.74) is 4.06. The molecule has 3 heterocycles. The molecule has 0 unspecified atom stereocenters. The smallest absolute Gasteiger partial charge is 0.227 e. The van der Waals surface area contributed by atoms with E-state index >= 15 is 0 Å². The third-order valence-electron chi connectivity index (χ3n) is 7.05. The van der Waals surface area contributed by atoms with Crippen molar-refractivity contribution < 1.29 is 9.59 Å². The van der Waals surface area contributed by atoms with Crippen molar-refractivity contribution in [2.75, 3.05) is 18.4 Å². The van der Waals surface area contributed by atoms with Crippen LogP contribution < -0.4 is 5.32 Å². The van der Waals surface area contributed by atoms with Crippen molar-refractivity contribution in [2.24, 2.45) is 5.92 Å². The Balaban J connectivity index is 1.10. The molecule has 0 radical (unpaired) electrons. The zero-order valence-electron chi connectivity index (χ0n) is 19.6. The average molecular weight is 457 g/mol. The van der Waals surface area contributed by atoms with Crippen LogP contribution in [0.3, 0.4) is 0 Å². The number of likely N-dealkylation sites (tertiary alicyclic amines) is 1. The molecule has 176 valence electrons. The Morgan fingerprint density at radius 2 is 1.71 bits per heavy atom. The molecule has 0 atom stereocenters. The first kappa shape index (κ1) is 22.4. The highest BCUT2D eigenvalue weighted by molar-refractivity contribution is 5.93. The number of rotatable bonds is 6. The summed E-state index contributed by atoms with van der Waals surface area (Å²) in [4.78, 5) is 32.1. The molecule has 1 fully saturated rings. The van der Waals surface area contributed by atoms with Gasteiger partial charge in [0.1, 0.15) is 5.82 Å². The number of benzene rings is 2. The minimum absolute atomic E-state index is 0.0431. The Morgan fingerprint density at radius 3 is 2.44 bits per heavy atom. The van der Waals surface area contributed by atoms with E-state index in [1.807, 2.05) is 47.4 Å². The van der Waals surface area contributed by atoms with Gasteiger partial charge in [0, 0.05) is 55.8 Å². The van der Waals surface area contributed by atoms with Crippen LogP contribution in [0.2, 0.25) is 0 Å². The molecule has 1 aromatic heterocycles. The molecular formula is C28H32N4O2. The molecule has 2 amide bonds. The molecule has 0 saturated carbocycles. The Labute approximate surface area is 201 Å². The normalized spacial score (nSPS) is 16.2. The lowest BCUT2D eigenvalue weighted by molar-refractivity contribution is -0.134. The van der Waals surface area contributed by atoms with E-state index in [4.69, 9.17) is 4.98 Å². The van der Waals surface area contributed by atoms with Crippen LogP contribution in [0, 0.1) is 5.92 Å². The molecular weight excluding hydrogens is 424 g/mol. The number of nitrogens with one attached hydrogen (secondary N) is 1. The first-order chi connectivity index (χ1) is 16.7. The van der Waals surface area contributed by atoms with Gasteiger partial charge in [-0.05, 0) is 49.8 Å². The number of piperidine rings is 1. The summed E-state index contributed by atoms with van der Waals surface area (Å²) in [5, 5.41) is 3.06. The Morgan fingerprint density at radius 1 is 0.941 bits per heavy atom. The third kappa shape index (κ3) is 5.22. The minimum atomic E-state index is -0.0577. The van der Waals surface area contributed by atoms with Crippen LogP contribution in [0.4, 0.5) is 5.69 Å². The zero-order valence-corrected chi connectivity index (χ0v) is 19.6. The lowest BCUT2D eigenvalue weighted by Gasteiger charge is -2.31. The standard InChI is InChI=1S/C28H32N4O2/c33-27(14-9-21-6-2-1-3-7-21)31-18-15-23(16-19-31)28(34)29-24-12-10-22(11-13-24)25-20-32-17-5-4-8-26(32)30-25/h1-3,6-7,10-13,20,23H,4-5,8-9,14-19H2,(H,29,34). The second kappa shape index (κ2) is 10.2. The van der Waals surface area contributed by atoms with E-state index in [9.17, 15) is 9.59 Å². The van der Waals surface area contributed by atoms with Crippen LogP contribution in [-0.2, 0) is 29.0 Å². The molecule has 5 rings (SSSR count). The van der Waals surface area contributed by atoms with Gasteiger partial charge in [0.05, 0.1) is 5.69 Å². The van der Waals surface area contributed by atoms with Crippen molar-refractivity contribution in [3.63, 3.8) is 0 Å². The summed E-state index contributed by atoms with van der Waals surface area (Å²) in [7, 11) is 0. The summed E-state index contributed by atoms with van der Waals surface area (Å²) in [5.74, 6) is 1.34. The summed E-state index contributed by atoms with van der Waals surface area (Å²) in [6, 6.07) is 18.1. The second-order valence-electron chi connectivity index (χ2n) is 9.40. The van der Waals surface area contributed by atoms with Crippen molar-refractivity contribution >= 4 is 17.5 Å². The van der Waals surface area contributed by atoms with Gasteiger partial charge >= 0.3 is 0 Å². The van der Waals surface area contributed by atoms with E-state index < -0.39 is 0 Å². The highest BCUT2D eigenvalue weighted by atomic mass is 16.2. The summed E-state index contributed by atoms with van der Waals surface area (Å²) < 4.78 is 2.26. The van der Waals surface area contributed by atoms with Crippen LogP contribution in [0.15, 0.2) is 60.8 Å². The van der Waals surface area contributed by atoms with Crippen molar-refractivity contribution in [1.82, 2.24) is 14.5 Å². The lowest BCUT2D eigenvalue weighted by atomic mass is 9.95. The van der Waals surface area contributed by atoms with Gasteiger partial charge in [-0.1, -0.05) is 42.5 Å². The fraction of sp³-hybridized carbons (Fsp3) is 0.393. The predicted molar refractivity (Wildman–Crippen MR) is 133 cm³/mol. The maximum atomic E-state index is 12.8. The number of aromatic nitrogens is 2. The van der Waals surface area contributed by atoms with Crippen molar-refractivity contribution in [1.29, 1.82) is 0 Å². The van der Waals surface area contributed by atoms with Crippen LogP contribution in [0.25, 0.3) is 11.3 Å². The predicted octanol–water partition coefficient (Wildman–Crippen LogP) is 4.70. The van der Waals surface area contributed by atoms with E-state index in [1.165, 1.54) is 24.2 Å². The van der Waals surface area contributed by atoms with E-state index in [1.54, 1.807) is 0 Å². The van der Waals surface area contributed by atoms with Crippen LogP contribution >= 0.6 is 0 Å². The number of carbonyl (C=O) groups excluding carboxylic acids is 2. The molecule has 2 aromatic carbocycles. The number of amides is 2. The van der Waals surface area contributed by atoms with Crippen LogP contribution in [-0.4, -0.2) is 39.4 Å². The number of hydrogen-bond acceptors (Lipinski definition) is 3. The monoisotopic (exact) mass is 456 g/mol. The fourth-order valence-corrected chi connectivity index (χ4v) is 4.97. The minimum Gasteiger partial charge on any atom is -0.343 e. The van der Waals surface area contributed by atoms with Crippen LogP contribution in [0.1, 0.15) is 43.5 Å². The Kier molecular flexibility index (Phi) is 6.74. The average Bonchev–Trinajstić information content (AvgIpc) is 3.33. The van der Waals surface area contributed by atoms with E-state index in [0.717, 1.165) is 36.3 Å². The topological polar surface area (TPSA) is 67.2 Å². The van der Waals surface area contributed by atoms with Gasteiger partial charge < -0.3 is 14.8 Å². The number of anilines is 1. The number of imidazole rings is 1. The summed E-state index contributed by atoms with van der Waals surface area (Å²) in [6.45, 7) is 2.35. The molecule has 0 spiro atoms. The van der Waals surface area contributed by atoms with E-state index in [0.29, 0.717) is 32.4 Å². The van der Waals surface area contributed by atoms with Crippen LogP contribution in [0.5, 0.6) is 0 Å². The van der Waals surface area contributed by atoms with Gasteiger partial charge in [0.25, 0.3) is 0 Å². The van der Waals surface area contributed by atoms with Gasteiger partial charge in [-0.2, -0.15) is 0 Å². The molecule has 1 saturated heterocycles. The van der Waals surface area contributed by atoms with Gasteiger partial charge in [0.2, 0.25) is 11.8 Å². The Bertz CT molecular complexity index is 1110. The zero-order chi connectivity index (χ0) is 23.3. The lowest BCUT2D eigenvalue weighted by Crippen LogP contribution is -2.41. The molecule has 6 heteroatoms. The Hall–Kier alpha value is -3.41. The molecule has 0 aliphatic carbocycles. The van der Waals surface area contributed by atoms with Crippen molar-refractivity contribution in [3.8, 4) is 11.3 Å². The molecule has 2 aliphatic heterocycles. The van der Waals surface area contributed by atoms with Gasteiger partial charge in [0.15, 0.2) is 0 Å². The van der Waals surface area contributed by atoms with E-state index in [2.05, 4.69) is 28.2 Å². The number of nitrogens with zero attached hydrogens (tertiary/aromatic N) is 3. The maximum absolute atomic E-state index is 12.8. The first-order valence-corrected chi connectivity index (χ1v) is 12.4. The number of hydrogen-bond donors (Lipinski definition) is 1. The molecule has 3 aromatic rings. The SMILES string of the molecule is O=C(Nc1ccc(-c2cn3c(n2)CCCC3)cc1)C1CCN(C(=O)CCc2ccccc2)CC1. The number of aryl methyl sites for hydroxylation is 3. The van der Waals surface area contributed by atoms with Crippen molar-refractivity contribution in [3.05, 3.63) is 72.2 Å². The maximum Gasteiger partial charge on any atom is 0.227 e. The quantitative estimate of drug-likeness (QED) is 0.585. The first-order valence-electron chi connectivity index (χ1n) is 12.4. The third-order valence-corrected chi connectivity index (χ3v) is 7.05. The highest BCUT2D eigenvalue weighted by Gasteiger charge is 2.27. The van der Waals surface area contributed by atoms with Gasteiger partial charge in [-0.15, -0.1) is 0 Å². The van der Waals surface area contributed by atoms with Crippen molar-refractivity contribution in [2.45, 2.75) is 51.5 Å². The fourth-order valence-electron chi connectivity index (χ4n) is 4.97. The molecule has 1 N–H and O–H groups in total. The largest absolute Gasteiger partial charge is 0.343 e. The van der Waals surface area contributed by atoms with Gasteiger partial charge in [-0.3, -0.25) is 9.59 Å². The van der Waals surface area contributed by atoms with E-state index in [-0.39, 0.29) is 17.7 Å². The highest BCUT2D eigenvalue weighted by Crippen LogP contribution is 2.25. The van der Waals surface area contributed by atoms with Gasteiger partial charge in [-0.25, -0.2) is 4.98 Å². The number of carbonyl (C=O) groups is 2. The molecule has 0 bridgehead atoms. The summed E-state index contributed by atoms with van der Waals surface area (Å²) in [6.07, 6.45) is 8.31. The second-order valence-corrected chi connectivity index (χ2v) is 9.40. The molecule has 2 aliphatic rings. The number of fused-ring (bicyclic) bond motifs is 1. The molecule has 6 nitrogen and oxygen atoms in total. The molecule has 34 heavy (non-hydrogen) atoms.